The van der Waals surface area contributed by atoms with Gasteiger partial charge in [0.2, 0.25) is 5.88 Å². The first kappa shape index (κ1) is 14.5. The monoisotopic (exact) mass is 272 g/mol. The Morgan fingerprint density at radius 3 is 2.60 bits per heavy atom. The minimum absolute atomic E-state index is 0.0747. The Bertz CT molecular complexity index is 582. The van der Waals surface area contributed by atoms with Crippen LogP contribution in [0.3, 0.4) is 0 Å². The van der Waals surface area contributed by atoms with Crippen molar-refractivity contribution in [2.45, 2.75) is 33.5 Å². The summed E-state index contributed by atoms with van der Waals surface area (Å²) in [6.07, 6.45) is 0.0747. The molecule has 0 atom stereocenters. The van der Waals surface area contributed by atoms with Gasteiger partial charge in [-0.1, -0.05) is 23.8 Å². The molecule has 4 nitrogen and oxygen atoms in total. The van der Waals surface area contributed by atoms with Crippen LogP contribution in [0.15, 0.2) is 30.3 Å². The van der Waals surface area contributed by atoms with Gasteiger partial charge < -0.3 is 9.47 Å². The van der Waals surface area contributed by atoms with Crippen molar-refractivity contribution < 1.29 is 9.47 Å². The highest BCUT2D eigenvalue weighted by atomic mass is 16.5. The molecule has 1 aromatic heterocycles. The van der Waals surface area contributed by atoms with E-state index in [9.17, 15) is 0 Å². The van der Waals surface area contributed by atoms with E-state index in [1.807, 2.05) is 45.0 Å². The summed E-state index contributed by atoms with van der Waals surface area (Å²) in [5, 5.41) is 0. The minimum Gasteiger partial charge on any atom is -0.475 e. The Balaban J connectivity index is 2.43. The van der Waals surface area contributed by atoms with Crippen LogP contribution in [0.1, 0.15) is 25.1 Å². The highest BCUT2D eigenvalue weighted by Gasteiger charge is 2.09. The predicted molar refractivity (Wildman–Crippen MR) is 78.7 cm³/mol. The standard InChI is InChI=1S/C16H20N2O2/c1-11(2)20-15-9-14(10-19-4)17-16(18-15)13-7-5-6-12(3)8-13/h5-9,11H,10H2,1-4H3. The van der Waals surface area contributed by atoms with E-state index in [2.05, 4.69) is 16.0 Å². The van der Waals surface area contributed by atoms with Crippen LogP contribution in [0.4, 0.5) is 0 Å². The van der Waals surface area contributed by atoms with E-state index in [1.165, 1.54) is 5.56 Å². The van der Waals surface area contributed by atoms with Crippen molar-refractivity contribution in [1.82, 2.24) is 9.97 Å². The number of aryl methyl sites for hydroxylation is 1. The Morgan fingerprint density at radius 2 is 1.95 bits per heavy atom. The molecule has 0 saturated heterocycles. The van der Waals surface area contributed by atoms with Crippen molar-refractivity contribution >= 4 is 0 Å². The SMILES string of the molecule is COCc1cc(OC(C)C)nc(-c2cccc(C)c2)n1. The summed E-state index contributed by atoms with van der Waals surface area (Å²) in [6, 6.07) is 9.93. The molecule has 0 saturated carbocycles. The molecule has 0 spiro atoms. The third-order valence-corrected chi connectivity index (χ3v) is 2.68. The topological polar surface area (TPSA) is 44.2 Å². The van der Waals surface area contributed by atoms with Crippen molar-refractivity contribution in [3.8, 4) is 17.3 Å². The fraction of sp³-hybridized carbons (Fsp3) is 0.375. The molecule has 2 aromatic rings. The van der Waals surface area contributed by atoms with Gasteiger partial charge in [-0.25, -0.2) is 4.98 Å². The fourth-order valence-corrected chi connectivity index (χ4v) is 1.91. The van der Waals surface area contributed by atoms with Crippen molar-refractivity contribution in [1.29, 1.82) is 0 Å². The molecule has 0 aliphatic rings. The highest BCUT2D eigenvalue weighted by molar-refractivity contribution is 5.56. The lowest BCUT2D eigenvalue weighted by Crippen LogP contribution is -2.09. The molecule has 0 aliphatic heterocycles. The first-order valence-electron chi connectivity index (χ1n) is 6.69. The number of aromatic nitrogens is 2. The van der Waals surface area contributed by atoms with Gasteiger partial charge in [0.15, 0.2) is 5.82 Å². The maximum Gasteiger partial charge on any atom is 0.217 e. The molecular formula is C16H20N2O2. The highest BCUT2D eigenvalue weighted by Crippen LogP contribution is 2.21. The van der Waals surface area contributed by atoms with Gasteiger partial charge in [-0.05, 0) is 26.8 Å². The zero-order valence-electron chi connectivity index (χ0n) is 12.4. The molecule has 4 heteroatoms. The van der Waals surface area contributed by atoms with Crippen molar-refractivity contribution in [3.63, 3.8) is 0 Å². The van der Waals surface area contributed by atoms with E-state index in [0.29, 0.717) is 18.3 Å². The third-order valence-electron chi connectivity index (χ3n) is 2.68. The van der Waals surface area contributed by atoms with Gasteiger partial charge in [-0.15, -0.1) is 0 Å². The summed E-state index contributed by atoms with van der Waals surface area (Å²) in [4.78, 5) is 9.00. The molecule has 1 aromatic carbocycles. The first-order chi connectivity index (χ1) is 9.58. The van der Waals surface area contributed by atoms with Gasteiger partial charge in [-0.3, -0.25) is 0 Å². The van der Waals surface area contributed by atoms with Crippen molar-refractivity contribution in [3.05, 3.63) is 41.6 Å². The van der Waals surface area contributed by atoms with Gasteiger partial charge in [0, 0.05) is 18.7 Å². The number of benzene rings is 1. The zero-order chi connectivity index (χ0) is 14.5. The molecule has 0 radical (unpaired) electrons. The van der Waals surface area contributed by atoms with Crippen molar-refractivity contribution in [2.75, 3.05) is 7.11 Å². The number of ether oxygens (including phenoxy) is 2. The van der Waals surface area contributed by atoms with Gasteiger partial charge in [0.1, 0.15) is 0 Å². The smallest absolute Gasteiger partial charge is 0.217 e. The summed E-state index contributed by atoms with van der Waals surface area (Å²) in [6.45, 7) is 6.44. The summed E-state index contributed by atoms with van der Waals surface area (Å²) in [7, 11) is 1.65. The van der Waals surface area contributed by atoms with Crippen LogP contribution in [-0.2, 0) is 11.3 Å². The van der Waals surface area contributed by atoms with Crippen LogP contribution < -0.4 is 4.74 Å². The van der Waals surface area contributed by atoms with Crippen LogP contribution in [0.2, 0.25) is 0 Å². The lowest BCUT2D eigenvalue weighted by Gasteiger charge is -2.12. The third kappa shape index (κ3) is 3.78. The fourth-order valence-electron chi connectivity index (χ4n) is 1.91. The number of hydrogen-bond donors (Lipinski definition) is 0. The van der Waals surface area contributed by atoms with E-state index >= 15 is 0 Å². The minimum atomic E-state index is 0.0747. The summed E-state index contributed by atoms with van der Waals surface area (Å²) in [5.41, 5.74) is 2.97. The average molecular weight is 272 g/mol. The quantitative estimate of drug-likeness (QED) is 0.837. The summed E-state index contributed by atoms with van der Waals surface area (Å²) >= 11 is 0. The van der Waals surface area contributed by atoms with Gasteiger partial charge in [-0.2, -0.15) is 4.98 Å². The second-order valence-corrected chi connectivity index (χ2v) is 4.99. The van der Waals surface area contributed by atoms with Crippen LogP contribution in [0, 0.1) is 6.92 Å². The average Bonchev–Trinajstić information content (AvgIpc) is 2.38. The van der Waals surface area contributed by atoms with E-state index < -0.39 is 0 Å². The molecule has 0 bridgehead atoms. The molecular weight excluding hydrogens is 252 g/mol. The largest absolute Gasteiger partial charge is 0.475 e. The van der Waals surface area contributed by atoms with Crippen molar-refractivity contribution in [2.24, 2.45) is 0 Å². The maximum atomic E-state index is 5.69. The summed E-state index contributed by atoms with van der Waals surface area (Å²) < 4.78 is 10.8. The Labute approximate surface area is 119 Å². The van der Waals surface area contributed by atoms with Crippen LogP contribution >= 0.6 is 0 Å². The van der Waals surface area contributed by atoms with Crippen LogP contribution in [-0.4, -0.2) is 23.2 Å². The number of rotatable bonds is 5. The predicted octanol–water partition coefficient (Wildman–Crippen LogP) is 3.39. The molecule has 0 amide bonds. The van der Waals surface area contributed by atoms with Crippen LogP contribution in [0.5, 0.6) is 5.88 Å². The first-order valence-corrected chi connectivity index (χ1v) is 6.69. The molecule has 1 heterocycles. The lowest BCUT2D eigenvalue weighted by molar-refractivity contribution is 0.179. The van der Waals surface area contributed by atoms with E-state index in [1.54, 1.807) is 7.11 Å². The van der Waals surface area contributed by atoms with E-state index in [4.69, 9.17) is 9.47 Å². The van der Waals surface area contributed by atoms with Gasteiger partial charge in [0.25, 0.3) is 0 Å². The molecule has 0 fully saturated rings. The molecule has 0 aliphatic carbocycles. The Kier molecular flexibility index (Phi) is 4.69. The number of hydrogen-bond acceptors (Lipinski definition) is 4. The van der Waals surface area contributed by atoms with Crippen LogP contribution in [0.25, 0.3) is 11.4 Å². The van der Waals surface area contributed by atoms with Gasteiger partial charge >= 0.3 is 0 Å². The lowest BCUT2D eigenvalue weighted by atomic mass is 10.1. The van der Waals surface area contributed by atoms with Gasteiger partial charge in [0.05, 0.1) is 18.4 Å². The molecule has 106 valence electrons. The Morgan fingerprint density at radius 1 is 1.15 bits per heavy atom. The molecule has 2 rings (SSSR count). The zero-order valence-corrected chi connectivity index (χ0v) is 12.4. The number of methoxy groups -OCH3 is 1. The normalized spacial score (nSPS) is 10.8. The Hall–Kier alpha value is -1.94. The number of nitrogens with zero attached hydrogens (tertiary/aromatic N) is 2. The second kappa shape index (κ2) is 6.48. The maximum absolute atomic E-state index is 5.69. The molecule has 0 N–H and O–H groups in total. The van der Waals surface area contributed by atoms with E-state index in [0.717, 1.165) is 11.3 Å². The van der Waals surface area contributed by atoms with E-state index in [-0.39, 0.29) is 6.10 Å². The second-order valence-electron chi connectivity index (χ2n) is 4.99. The molecule has 20 heavy (non-hydrogen) atoms. The molecule has 0 unspecified atom stereocenters. The summed E-state index contributed by atoms with van der Waals surface area (Å²) in [5.74, 6) is 1.25.